The molecule has 1 N–H and O–H groups in total. The molecule has 1 atom stereocenters. The minimum Gasteiger partial charge on any atom is -0.388 e. The summed E-state index contributed by atoms with van der Waals surface area (Å²) in [6, 6.07) is 9.90. The van der Waals surface area contributed by atoms with Gasteiger partial charge < -0.3 is 5.11 Å². The Morgan fingerprint density at radius 3 is 2.35 bits per heavy atom. The van der Waals surface area contributed by atoms with Crippen molar-refractivity contribution >= 4 is 15.9 Å². The number of rotatable bonds is 4. The molecule has 0 aliphatic carbocycles. The van der Waals surface area contributed by atoms with Crippen LogP contribution in [0.15, 0.2) is 40.9 Å². The molecule has 0 fully saturated rings. The SMILES string of the molecule is CCc1ccc(C(O)Cc2c(F)ccc(Br)c2F)cc1. The highest BCUT2D eigenvalue weighted by molar-refractivity contribution is 9.10. The van der Waals surface area contributed by atoms with Crippen LogP contribution in [0.5, 0.6) is 0 Å². The molecule has 0 heterocycles. The number of benzene rings is 2. The van der Waals surface area contributed by atoms with Crippen LogP contribution in [0.4, 0.5) is 8.78 Å². The standard InChI is InChI=1S/C16H15BrF2O/c1-2-10-3-5-11(6-4-10)15(20)9-12-14(18)8-7-13(17)16(12)19/h3-8,15,20H,2,9H2,1H3. The van der Waals surface area contributed by atoms with Crippen LogP contribution in [0.3, 0.4) is 0 Å². The van der Waals surface area contributed by atoms with E-state index in [-0.39, 0.29) is 16.5 Å². The summed E-state index contributed by atoms with van der Waals surface area (Å²) in [6.07, 6.45) is -0.118. The molecular weight excluding hydrogens is 326 g/mol. The van der Waals surface area contributed by atoms with Crippen LogP contribution in [0, 0.1) is 11.6 Å². The van der Waals surface area contributed by atoms with E-state index in [1.54, 1.807) is 12.1 Å². The Hall–Kier alpha value is -1.26. The molecule has 0 bridgehead atoms. The van der Waals surface area contributed by atoms with Gasteiger partial charge in [-0.1, -0.05) is 31.2 Å². The molecule has 2 rings (SSSR count). The van der Waals surface area contributed by atoms with E-state index in [1.165, 1.54) is 12.1 Å². The normalized spacial score (nSPS) is 12.4. The second kappa shape index (κ2) is 6.46. The fourth-order valence-corrected chi connectivity index (χ4v) is 2.41. The first-order valence-electron chi connectivity index (χ1n) is 6.42. The van der Waals surface area contributed by atoms with Gasteiger partial charge in [0.15, 0.2) is 0 Å². The fraction of sp³-hybridized carbons (Fsp3) is 0.250. The van der Waals surface area contributed by atoms with Gasteiger partial charge in [0.05, 0.1) is 10.6 Å². The van der Waals surface area contributed by atoms with E-state index in [9.17, 15) is 13.9 Å². The van der Waals surface area contributed by atoms with Crippen molar-refractivity contribution in [1.29, 1.82) is 0 Å². The van der Waals surface area contributed by atoms with Crippen LogP contribution < -0.4 is 0 Å². The Labute approximate surface area is 125 Å². The maximum absolute atomic E-state index is 13.9. The number of hydrogen-bond acceptors (Lipinski definition) is 1. The molecule has 20 heavy (non-hydrogen) atoms. The van der Waals surface area contributed by atoms with Gasteiger partial charge in [0.25, 0.3) is 0 Å². The van der Waals surface area contributed by atoms with Crippen molar-refractivity contribution in [2.75, 3.05) is 0 Å². The van der Waals surface area contributed by atoms with Gasteiger partial charge in [-0.3, -0.25) is 0 Å². The first kappa shape index (κ1) is 15.1. The Kier molecular flexibility index (Phi) is 4.89. The van der Waals surface area contributed by atoms with Crippen molar-refractivity contribution in [2.45, 2.75) is 25.9 Å². The quantitative estimate of drug-likeness (QED) is 0.808. The van der Waals surface area contributed by atoms with Crippen molar-refractivity contribution < 1.29 is 13.9 Å². The molecule has 106 valence electrons. The predicted octanol–water partition coefficient (Wildman–Crippen LogP) is 4.57. The Morgan fingerprint density at radius 2 is 1.75 bits per heavy atom. The minimum atomic E-state index is -0.931. The Morgan fingerprint density at radius 1 is 1.10 bits per heavy atom. The summed E-state index contributed by atoms with van der Waals surface area (Å²) in [5.41, 5.74) is 1.70. The van der Waals surface area contributed by atoms with E-state index in [0.717, 1.165) is 12.0 Å². The third kappa shape index (κ3) is 3.25. The van der Waals surface area contributed by atoms with E-state index in [4.69, 9.17) is 0 Å². The maximum atomic E-state index is 13.9. The molecule has 0 aliphatic heterocycles. The van der Waals surface area contributed by atoms with Gasteiger partial charge in [0, 0.05) is 12.0 Å². The van der Waals surface area contributed by atoms with Crippen molar-refractivity contribution in [1.82, 2.24) is 0 Å². The van der Waals surface area contributed by atoms with E-state index in [0.29, 0.717) is 5.56 Å². The number of aryl methyl sites for hydroxylation is 1. The summed E-state index contributed by atoms with van der Waals surface area (Å²) in [4.78, 5) is 0. The largest absolute Gasteiger partial charge is 0.388 e. The molecule has 0 aliphatic rings. The number of halogens is 3. The van der Waals surface area contributed by atoms with Gasteiger partial charge in [-0.15, -0.1) is 0 Å². The van der Waals surface area contributed by atoms with Crippen molar-refractivity contribution in [2.24, 2.45) is 0 Å². The lowest BCUT2D eigenvalue weighted by molar-refractivity contribution is 0.175. The Bertz CT molecular complexity index is 596. The summed E-state index contributed by atoms with van der Waals surface area (Å²) < 4.78 is 27.7. The summed E-state index contributed by atoms with van der Waals surface area (Å²) in [6.45, 7) is 2.04. The molecule has 0 amide bonds. The van der Waals surface area contributed by atoms with Gasteiger partial charge in [-0.05, 0) is 45.6 Å². The van der Waals surface area contributed by atoms with Crippen LogP contribution in [0.1, 0.15) is 29.7 Å². The van der Waals surface area contributed by atoms with Crippen molar-refractivity contribution in [3.05, 3.63) is 69.2 Å². The predicted molar refractivity (Wildman–Crippen MR) is 78.5 cm³/mol. The van der Waals surface area contributed by atoms with E-state index in [1.807, 2.05) is 19.1 Å². The lowest BCUT2D eigenvalue weighted by Gasteiger charge is -2.13. The second-order valence-electron chi connectivity index (χ2n) is 4.64. The molecular formula is C16H15BrF2O. The summed E-state index contributed by atoms with van der Waals surface area (Å²) in [5, 5.41) is 10.1. The third-order valence-corrected chi connectivity index (χ3v) is 3.92. The maximum Gasteiger partial charge on any atom is 0.143 e. The number of hydrogen-bond donors (Lipinski definition) is 1. The number of aliphatic hydroxyl groups is 1. The average Bonchev–Trinajstić information content (AvgIpc) is 2.47. The highest BCUT2D eigenvalue weighted by Crippen LogP contribution is 2.26. The number of aliphatic hydroxyl groups excluding tert-OH is 1. The highest BCUT2D eigenvalue weighted by Gasteiger charge is 2.17. The molecule has 2 aromatic rings. The van der Waals surface area contributed by atoms with E-state index >= 15 is 0 Å². The van der Waals surface area contributed by atoms with Crippen molar-refractivity contribution in [3.63, 3.8) is 0 Å². The monoisotopic (exact) mass is 340 g/mol. The summed E-state index contributed by atoms with van der Waals surface area (Å²) >= 11 is 3.02. The van der Waals surface area contributed by atoms with Crippen LogP contribution in [-0.4, -0.2) is 5.11 Å². The second-order valence-corrected chi connectivity index (χ2v) is 5.49. The Balaban J connectivity index is 2.23. The summed E-state index contributed by atoms with van der Waals surface area (Å²) in [5.74, 6) is -1.30. The minimum absolute atomic E-state index is 0.0947. The van der Waals surface area contributed by atoms with Crippen LogP contribution in [0.25, 0.3) is 0 Å². The molecule has 2 aromatic carbocycles. The highest BCUT2D eigenvalue weighted by atomic mass is 79.9. The van der Waals surface area contributed by atoms with E-state index in [2.05, 4.69) is 15.9 Å². The zero-order valence-corrected chi connectivity index (χ0v) is 12.6. The molecule has 0 saturated carbocycles. The molecule has 0 spiro atoms. The van der Waals surface area contributed by atoms with Gasteiger partial charge in [-0.2, -0.15) is 0 Å². The van der Waals surface area contributed by atoms with Crippen LogP contribution >= 0.6 is 15.9 Å². The zero-order chi connectivity index (χ0) is 14.7. The molecule has 0 aromatic heterocycles. The molecule has 0 saturated heterocycles. The molecule has 1 unspecified atom stereocenters. The molecule has 4 heteroatoms. The molecule has 1 nitrogen and oxygen atoms in total. The summed E-state index contributed by atoms with van der Waals surface area (Å²) in [7, 11) is 0. The fourth-order valence-electron chi connectivity index (χ4n) is 2.04. The molecule has 0 radical (unpaired) electrons. The zero-order valence-electron chi connectivity index (χ0n) is 11.0. The topological polar surface area (TPSA) is 20.2 Å². The van der Waals surface area contributed by atoms with Gasteiger partial charge in [-0.25, -0.2) is 8.78 Å². The first-order chi connectivity index (χ1) is 9.52. The van der Waals surface area contributed by atoms with Crippen LogP contribution in [-0.2, 0) is 12.8 Å². The average molecular weight is 341 g/mol. The lowest BCUT2D eigenvalue weighted by Crippen LogP contribution is -2.06. The van der Waals surface area contributed by atoms with E-state index < -0.39 is 17.7 Å². The first-order valence-corrected chi connectivity index (χ1v) is 7.21. The lowest BCUT2D eigenvalue weighted by atomic mass is 9.99. The van der Waals surface area contributed by atoms with Gasteiger partial charge in [0.1, 0.15) is 11.6 Å². The van der Waals surface area contributed by atoms with Gasteiger partial charge in [0.2, 0.25) is 0 Å². The third-order valence-electron chi connectivity index (χ3n) is 3.31. The van der Waals surface area contributed by atoms with Crippen LogP contribution in [0.2, 0.25) is 0 Å². The van der Waals surface area contributed by atoms with Crippen molar-refractivity contribution in [3.8, 4) is 0 Å². The smallest absolute Gasteiger partial charge is 0.143 e. The van der Waals surface area contributed by atoms with Gasteiger partial charge >= 0.3 is 0 Å².